The van der Waals surface area contributed by atoms with Gasteiger partial charge in [0.1, 0.15) is 0 Å². The molecule has 0 heterocycles. The Morgan fingerprint density at radius 3 is 2.65 bits per heavy atom. The largest absolute Gasteiger partial charge is 0.381 e. The molecule has 0 fully saturated rings. The summed E-state index contributed by atoms with van der Waals surface area (Å²) in [6, 6.07) is 5.13. The minimum absolute atomic E-state index is 0.129. The quantitative estimate of drug-likeness (QED) is 0.616. The van der Waals surface area contributed by atoms with Crippen molar-refractivity contribution in [1.82, 2.24) is 0 Å². The third-order valence-corrected chi connectivity index (χ3v) is 3.05. The van der Waals surface area contributed by atoms with Crippen molar-refractivity contribution >= 4 is 21.6 Å². The topological polar surface area (TPSA) is 52.4 Å². The van der Waals surface area contributed by atoms with E-state index in [1.54, 1.807) is 6.07 Å². The second-order valence-corrected chi connectivity index (χ2v) is 5.36. The zero-order chi connectivity index (χ0) is 13.1. The number of ether oxygens (including phenoxy) is 1. The lowest BCUT2D eigenvalue weighted by molar-refractivity contribution is -0.386. The van der Waals surface area contributed by atoms with Crippen molar-refractivity contribution in [2.45, 2.75) is 26.2 Å². The van der Waals surface area contributed by atoms with Crippen molar-refractivity contribution in [1.29, 1.82) is 0 Å². The van der Waals surface area contributed by atoms with Crippen molar-refractivity contribution in [3.8, 4) is 0 Å². The van der Waals surface area contributed by atoms with Gasteiger partial charge in [-0.15, -0.1) is 0 Å². The number of benzene rings is 1. The second-order valence-electron chi connectivity index (χ2n) is 4.44. The fourth-order valence-corrected chi connectivity index (χ4v) is 2.01. The van der Waals surface area contributed by atoms with Crippen LogP contribution in [0.3, 0.4) is 0 Å². The van der Waals surface area contributed by atoms with Crippen molar-refractivity contribution in [3.63, 3.8) is 0 Å². The number of rotatable bonds is 5. The van der Waals surface area contributed by atoms with Gasteiger partial charge >= 0.3 is 0 Å². The molecule has 0 saturated heterocycles. The number of halogens is 1. The van der Waals surface area contributed by atoms with Crippen LogP contribution in [0.15, 0.2) is 22.7 Å². The van der Waals surface area contributed by atoms with E-state index in [4.69, 9.17) is 4.74 Å². The third-order valence-electron chi connectivity index (χ3n) is 2.55. The van der Waals surface area contributed by atoms with Crippen LogP contribution in [0.1, 0.15) is 26.3 Å². The van der Waals surface area contributed by atoms with E-state index in [0.717, 1.165) is 0 Å². The molecule has 17 heavy (non-hydrogen) atoms. The molecule has 0 spiro atoms. The summed E-state index contributed by atoms with van der Waals surface area (Å²) >= 11 is 3.25. The summed E-state index contributed by atoms with van der Waals surface area (Å²) in [5.74, 6) is 0. The normalized spacial score (nSPS) is 11.5. The smallest absolute Gasteiger partial charge is 0.274 e. The van der Waals surface area contributed by atoms with Crippen LogP contribution in [0.25, 0.3) is 0 Å². The average molecular weight is 302 g/mol. The zero-order valence-electron chi connectivity index (χ0n) is 10.2. The summed E-state index contributed by atoms with van der Waals surface area (Å²) in [7, 11) is 0. The van der Waals surface area contributed by atoms with Gasteiger partial charge in [-0.25, -0.2) is 0 Å². The minimum Gasteiger partial charge on any atom is -0.381 e. The van der Waals surface area contributed by atoms with Crippen LogP contribution in [0.5, 0.6) is 0 Å². The molecule has 0 bridgehead atoms. The van der Waals surface area contributed by atoms with E-state index in [9.17, 15) is 10.1 Å². The Balaban J connectivity index is 3.15. The lowest BCUT2D eigenvalue weighted by Crippen LogP contribution is -2.25. The van der Waals surface area contributed by atoms with Crippen LogP contribution < -0.4 is 0 Å². The fourth-order valence-electron chi connectivity index (χ4n) is 1.66. The summed E-state index contributed by atoms with van der Waals surface area (Å²) in [5.41, 5.74) is 0.447. The number of hydrogen-bond acceptors (Lipinski definition) is 3. The standard InChI is InChI=1S/C12H16BrNO3/c1-4-17-8-12(2,3)10-6-5-9(13)7-11(10)14(15)16/h5-7H,4,8H2,1-3H3. The van der Waals surface area contributed by atoms with Crippen LogP contribution in [0, 0.1) is 10.1 Å². The van der Waals surface area contributed by atoms with Crippen LogP contribution in [0.4, 0.5) is 5.69 Å². The van der Waals surface area contributed by atoms with Gasteiger partial charge in [0, 0.05) is 28.1 Å². The van der Waals surface area contributed by atoms with Crippen molar-refractivity contribution in [2.75, 3.05) is 13.2 Å². The SMILES string of the molecule is CCOCC(C)(C)c1ccc(Br)cc1[N+](=O)[O-]. The van der Waals surface area contributed by atoms with Gasteiger partial charge in [-0.3, -0.25) is 10.1 Å². The lowest BCUT2D eigenvalue weighted by atomic mass is 9.84. The summed E-state index contributed by atoms with van der Waals surface area (Å²) in [4.78, 5) is 10.7. The maximum atomic E-state index is 11.0. The first-order chi connectivity index (χ1) is 7.88. The van der Waals surface area contributed by atoms with E-state index >= 15 is 0 Å². The number of hydrogen-bond donors (Lipinski definition) is 0. The molecule has 1 rings (SSSR count). The van der Waals surface area contributed by atoms with Gasteiger partial charge in [0.15, 0.2) is 0 Å². The van der Waals surface area contributed by atoms with E-state index in [1.165, 1.54) is 6.07 Å². The molecule has 0 N–H and O–H groups in total. The minimum atomic E-state index is -0.376. The Hall–Kier alpha value is -0.940. The number of nitrogens with zero attached hydrogens (tertiary/aromatic N) is 1. The molecule has 1 aromatic rings. The summed E-state index contributed by atoms with van der Waals surface area (Å²) < 4.78 is 6.09. The summed E-state index contributed by atoms with van der Waals surface area (Å²) in [5, 5.41) is 11.0. The van der Waals surface area contributed by atoms with Crippen LogP contribution in [-0.4, -0.2) is 18.1 Å². The predicted molar refractivity (Wildman–Crippen MR) is 70.3 cm³/mol. The maximum Gasteiger partial charge on any atom is 0.274 e. The van der Waals surface area contributed by atoms with E-state index in [1.807, 2.05) is 26.8 Å². The van der Waals surface area contributed by atoms with Crippen molar-refractivity contribution in [3.05, 3.63) is 38.3 Å². The second kappa shape index (κ2) is 5.60. The van der Waals surface area contributed by atoms with Gasteiger partial charge in [0.05, 0.1) is 11.5 Å². The van der Waals surface area contributed by atoms with Gasteiger partial charge in [-0.1, -0.05) is 35.8 Å². The molecule has 0 aliphatic carbocycles. The van der Waals surface area contributed by atoms with Crippen LogP contribution in [-0.2, 0) is 10.2 Å². The summed E-state index contributed by atoms with van der Waals surface area (Å²) in [6.45, 7) is 6.86. The molecule has 0 amide bonds. The fraction of sp³-hybridized carbons (Fsp3) is 0.500. The first-order valence-corrected chi connectivity index (χ1v) is 6.20. The Morgan fingerprint density at radius 2 is 2.12 bits per heavy atom. The Labute approximate surface area is 109 Å². The van der Waals surface area contributed by atoms with Gasteiger partial charge in [0.2, 0.25) is 0 Å². The van der Waals surface area contributed by atoms with Crippen LogP contribution >= 0.6 is 15.9 Å². The van der Waals surface area contributed by atoms with E-state index < -0.39 is 0 Å². The van der Waals surface area contributed by atoms with Gasteiger partial charge in [0.25, 0.3) is 5.69 Å². The monoisotopic (exact) mass is 301 g/mol. The Morgan fingerprint density at radius 1 is 1.47 bits per heavy atom. The van der Waals surface area contributed by atoms with Crippen LogP contribution in [0.2, 0.25) is 0 Å². The van der Waals surface area contributed by atoms with Gasteiger partial charge < -0.3 is 4.74 Å². The molecule has 0 aromatic heterocycles. The molecule has 0 aliphatic rings. The highest BCUT2D eigenvalue weighted by molar-refractivity contribution is 9.10. The zero-order valence-corrected chi connectivity index (χ0v) is 11.8. The molecule has 0 aliphatic heterocycles. The van der Waals surface area contributed by atoms with E-state index in [0.29, 0.717) is 23.2 Å². The van der Waals surface area contributed by atoms with Gasteiger partial charge in [-0.2, -0.15) is 0 Å². The number of nitro groups is 1. The molecule has 4 nitrogen and oxygen atoms in total. The van der Waals surface area contributed by atoms with E-state index in [2.05, 4.69) is 15.9 Å². The molecular weight excluding hydrogens is 286 g/mol. The van der Waals surface area contributed by atoms with Crippen molar-refractivity contribution < 1.29 is 9.66 Å². The highest BCUT2D eigenvalue weighted by Crippen LogP contribution is 2.33. The molecule has 1 aromatic carbocycles. The van der Waals surface area contributed by atoms with Gasteiger partial charge in [-0.05, 0) is 13.0 Å². The molecule has 0 saturated carbocycles. The first kappa shape index (κ1) is 14.1. The predicted octanol–water partition coefficient (Wildman–Crippen LogP) is 3.67. The molecular formula is C12H16BrNO3. The highest BCUT2D eigenvalue weighted by atomic mass is 79.9. The molecule has 0 atom stereocenters. The summed E-state index contributed by atoms with van der Waals surface area (Å²) in [6.07, 6.45) is 0. The molecule has 0 unspecified atom stereocenters. The molecule has 0 radical (unpaired) electrons. The Bertz CT molecular complexity index is 418. The highest BCUT2D eigenvalue weighted by Gasteiger charge is 2.29. The third kappa shape index (κ3) is 3.51. The Kier molecular flexibility index (Phi) is 4.65. The first-order valence-electron chi connectivity index (χ1n) is 5.40. The molecule has 94 valence electrons. The number of nitro benzene ring substituents is 1. The molecule has 5 heteroatoms. The lowest BCUT2D eigenvalue weighted by Gasteiger charge is -2.24. The maximum absolute atomic E-state index is 11.0. The average Bonchev–Trinajstić information content (AvgIpc) is 2.26. The van der Waals surface area contributed by atoms with E-state index in [-0.39, 0.29) is 16.0 Å². The van der Waals surface area contributed by atoms with Crippen molar-refractivity contribution in [2.24, 2.45) is 0 Å².